The van der Waals surface area contributed by atoms with E-state index >= 15 is 0 Å². The van der Waals surface area contributed by atoms with E-state index in [4.69, 9.17) is 0 Å². The molecule has 0 rings (SSSR count). The van der Waals surface area contributed by atoms with Crippen molar-refractivity contribution in [2.24, 2.45) is 11.3 Å². The molecule has 1 heteroatoms. The van der Waals surface area contributed by atoms with Gasteiger partial charge in [-0.2, -0.15) is 19.8 Å². The van der Waals surface area contributed by atoms with Crippen molar-refractivity contribution in [3.63, 3.8) is 0 Å². The van der Waals surface area contributed by atoms with Gasteiger partial charge in [0.05, 0.1) is 0 Å². The van der Waals surface area contributed by atoms with Crippen LogP contribution >= 0.6 is 0 Å². The number of hydrogen-bond acceptors (Lipinski definition) is 0. The van der Waals surface area contributed by atoms with Gasteiger partial charge in [-0.15, -0.1) is 0 Å². The van der Waals surface area contributed by atoms with Gasteiger partial charge in [0.1, 0.15) is 0 Å². The topological polar surface area (TPSA) is 0 Å². The minimum absolute atomic E-state index is 0. The summed E-state index contributed by atoms with van der Waals surface area (Å²) < 4.78 is 0. The van der Waals surface area contributed by atoms with Crippen LogP contribution in [0.4, 0.5) is 0 Å². The molecule has 0 saturated carbocycles. The molecule has 56 valence electrons. The second kappa shape index (κ2) is 4.88. The second-order valence-corrected chi connectivity index (χ2v) is 4.17. The van der Waals surface area contributed by atoms with Crippen LogP contribution in [0.1, 0.15) is 41.5 Å². The molecule has 0 nitrogen and oxygen atoms in total. The van der Waals surface area contributed by atoms with Gasteiger partial charge in [0.15, 0.2) is 0 Å². The summed E-state index contributed by atoms with van der Waals surface area (Å²) in [5.41, 5.74) is 0.443. The Morgan fingerprint density at radius 3 is 1.40 bits per heavy atom. The van der Waals surface area contributed by atoms with E-state index in [1.807, 2.05) is 0 Å². The van der Waals surface area contributed by atoms with Crippen molar-refractivity contribution < 1.29 is 32.7 Å². The van der Waals surface area contributed by atoms with E-state index in [-0.39, 0.29) is 32.7 Å². The molecule has 0 aromatic carbocycles. The fourth-order valence-electron chi connectivity index (χ4n) is 0.866. The Morgan fingerprint density at radius 1 is 1.10 bits per heavy atom. The van der Waals surface area contributed by atoms with Gasteiger partial charge in [0.25, 0.3) is 0 Å². The maximum absolute atomic E-state index is 2.29. The van der Waals surface area contributed by atoms with Gasteiger partial charge in [0, 0.05) is 0 Å². The quantitative estimate of drug-likeness (QED) is 0.590. The summed E-state index contributed by atoms with van der Waals surface area (Å²) in [6, 6.07) is 0. The molecule has 1 unspecified atom stereocenters. The van der Waals surface area contributed by atoms with Gasteiger partial charge in [-0.3, -0.25) is 0 Å². The molecular formula is C9H19Y+2. The normalized spacial score (nSPS) is 14.7. The van der Waals surface area contributed by atoms with E-state index < -0.39 is 0 Å². The SMILES string of the molecule is C[C-](C)C(C)C(C)(C)C.[Y+3]. The Bertz CT molecular complexity index is 79.2. The summed E-state index contributed by atoms with van der Waals surface area (Å²) in [6.45, 7) is 13.5. The Hall–Kier alpha value is 1.10. The molecule has 0 heterocycles. The van der Waals surface area contributed by atoms with E-state index in [0.717, 1.165) is 5.92 Å². The van der Waals surface area contributed by atoms with Crippen LogP contribution in [-0.2, 0) is 32.7 Å². The van der Waals surface area contributed by atoms with Gasteiger partial charge in [-0.1, -0.05) is 33.1 Å². The first-order chi connectivity index (χ1) is 3.85. The Labute approximate surface area is 91.0 Å². The summed E-state index contributed by atoms with van der Waals surface area (Å²) >= 11 is 0. The van der Waals surface area contributed by atoms with Crippen LogP contribution in [0.2, 0.25) is 0 Å². The molecule has 0 saturated heterocycles. The van der Waals surface area contributed by atoms with E-state index in [2.05, 4.69) is 41.5 Å². The Morgan fingerprint density at radius 2 is 1.40 bits per heavy atom. The third kappa shape index (κ3) is 4.85. The summed E-state index contributed by atoms with van der Waals surface area (Å²) in [4.78, 5) is 0. The minimum Gasteiger partial charge on any atom is -0.316 e. The van der Waals surface area contributed by atoms with Crippen molar-refractivity contribution in [2.45, 2.75) is 41.5 Å². The van der Waals surface area contributed by atoms with E-state index in [9.17, 15) is 0 Å². The van der Waals surface area contributed by atoms with Crippen molar-refractivity contribution in [2.75, 3.05) is 0 Å². The van der Waals surface area contributed by atoms with Crippen molar-refractivity contribution >= 4 is 0 Å². The van der Waals surface area contributed by atoms with Gasteiger partial charge < -0.3 is 5.92 Å². The molecule has 0 aliphatic heterocycles. The average Bonchev–Trinajstić information content (AvgIpc) is 1.62. The van der Waals surface area contributed by atoms with Gasteiger partial charge in [-0.25, -0.2) is 0 Å². The predicted octanol–water partition coefficient (Wildman–Crippen LogP) is 3.28. The fourth-order valence-corrected chi connectivity index (χ4v) is 0.866. The first-order valence-corrected chi connectivity index (χ1v) is 3.65. The van der Waals surface area contributed by atoms with Crippen LogP contribution in [0.25, 0.3) is 0 Å². The fraction of sp³-hybridized carbons (Fsp3) is 0.889. The standard InChI is InChI=1S/C9H19.Y/c1-7(2)8(3)9(4,5)6;/h8H,1-6H3;/q-1;+3. The van der Waals surface area contributed by atoms with Crippen LogP contribution in [0.5, 0.6) is 0 Å². The molecule has 0 aliphatic carbocycles. The van der Waals surface area contributed by atoms with Crippen molar-refractivity contribution in [3.8, 4) is 0 Å². The first kappa shape index (κ1) is 13.7. The zero-order chi connectivity index (χ0) is 7.65. The maximum atomic E-state index is 2.29. The summed E-state index contributed by atoms with van der Waals surface area (Å²) in [5, 5.41) is 0. The smallest absolute Gasteiger partial charge is 0.316 e. The van der Waals surface area contributed by atoms with Gasteiger partial charge in [-0.05, 0) is 0 Å². The summed E-state index contributed by atoms with van der Waals surface area (Å²) in [7, 11) is 0. The molecule has 0 aliphatic rings. The van der Waals surface area contributed by atoms with Gasteiger partial charge >= 0.3 is 32.7 Å². The van der Waals surface area contributed by atoms with Crippen LogP contribution in [0.15, 0.2) is 0 Å². The van der Waals surface area contributed by atoms with Crippen molar-refractivity contribution in [1.82, 2.24) is 0 Å². The zero-order valence-electron chi connectivity index (χ0n) is 8.15. The minimum atomic E-state index is 0. The molecule has 0 bridgehead atoms. The molecule has 0 N–H and O–H groups in total. The van der Waals surface area contributed by atoms with E-state index in [0.29, 0.717) is 5.41 Å². The van der Waals surface area contributed by atoms with Crippen molar-refractivity contribution in [1.29, 1.82) is 0 Å². The zero-order valence-corrected chi connectivity index (χ0v) is 11.0. The van der Waals surface area contributed by atoms with Crippen LogP contribution in [-0.4, -0.2) is 0 Å². The van der Waals surface area contributed by atoms with Crippen LogP contribution in [0.3, 0.4) is 0 Å². The van der Waals surface area contributed by atoms with Gasteiger partial charge in [0.2, 0.25) is 0 Å². The summed E-state index contributed by atoms with van der Waals surface area (Å²) in [5.74, 6) is 2.26. The number of rotatable bonds is 1. The third-order valence-corrected chi connectivity index (χ3v) is 2.17. The van der Waals surface area contributed by atoms with E-state index in [1.54, 1.807) is 0 Å². The average molecular weight is 216 g/mol. The number of hydrogen-bond donors (Lipinski definition) is 0. The largest absolute Gasteiger partial charge is 3.00 e. The molecule has 0 radical (unpaired) electrons. The van der Waals surface area contributed by atoms with Crippen LogP contribution < -0.4 is 0 Å². The molecule has 0 aromatic heterocycles. The Kier molecular flexibility index (Phi) is 6.67. The predicted molar refractivity (Wildman–Crippen MR) is 43.2 cm³/mol. The Balaban J connectivity index is 0. The molecule has 0 amide bonds. The molecule has 0 aromatic rings. The molecular weight excluding hydrogens is 197 g/mol. The monoisotopic (exact) mass is 216 g/mol. The molecule has 10 heavy (non-hydrogen) atoms. The molecule has 1 atom stereocenters. The van der Waals surface area contributed by atoms with Crippen molar-refractivity contribution in [3.05, 3.63) is 5.92 Å². The summed E-state index contributed by atoms with van der Waals surface area (Å²) in [6.07, 6.45) is 0. The third-order valence-electron chi connectivity index (χ3n) is 2.17. The van der Waals surface area contributed by atoms with Crippen LogP contribution in [0, 0.1) is 17.3 Å². The molecule has 0 fully saturated rings. The van der Waals surface area contributed by atoms with E-state index in [1.165, 1.54) is 5.92 Å². The second-order valence-electron chi connectivity index (χ2n) is 4.17. The maximum Gasteiger partial charge on any atom is 3.00 e. The molecule has 0 spiro atoms. The first-order valence-electron chi connectivity index (χ1n) is 3.65.